The fraction of sp³-hybridized carbons (Fsp3) is 0.333. The maximum absolute atomic E-state index is 13.0. The summed E-state index contributed by atoms with van der Waals surface area (Å²) >= 11 is 5.98. The number of nitrogens with zero attached hydrogens (tertiary/aromatic N) is 1. The fourth-order valence-corrected chi connectivity index (χ4v) is 4.41. The molecule has 0 bridgehead atoms. The van der Waals surface area contributed by atoms with Crippen molar-refractivity contribution in [1.82, 2.24) is 4.57 Å². The van der Waals surface area contributed by atoms with Gasteiger partial charge in [0.25, 0.3) is 0 Å². The third-order valence-corrected chi connectivity index (χ3v) is 5.92. The van der Waals surface area contributed by atoms with Crippen LogP contribution in [-0.2, 0) is 15.1 Å². The van der Waals surface area contributed by atoms with E-state index in [-0.39, 0.29) is 11.3 Å². The number of halogens is 1. The van der Waals surface area contributed by atoms with Gasteiger partial charge < -0.3 is 14.4 Å². The molecule has 1 aliphatic heterocycles. The van der Waals surface area contributed by atoms with E-state index in [4.69, 9.17) is 16.3 Å². The Morgan fingerprint density at radius 1 is 1.15 bits per heavy atom. The molecule has 4 rings (SSSR count). The number of rotatable bonds is 2. The van der Waals surface area contributed by atoms with Gasteiger partial charge in [0.1, 0.15) is 16.9 Å². The lowest BCUT2D eigenvalue weighted by atomic mass is 9.76. The number of Topliss-reactive ketones (excluding diaryl/α,β-unsaturated/α-hetero) is 1. The molecule has 1 aromatic carbocycles. The van der Waals surface area contributed by atoms with E-state index in [1.807, 2.05) is 22.9 Å². The first-order chi connectivity index (χ1) is 13.0. The second-order valence-corrected chi connectivity index (χ2v) is 7.56. The third-order valence-electron chi connectivity index (χ3n) is 5.67. The molecule has 0 radical (unpaired) electrons. The summed E-state index contributed by atoms with van der Waals surface area (Å²) in [5.74, 6) is -1.46. The van der Waals surface area contributed by atoms with Crippen LogP contribution < -0.4 is 0 Å². The largest absolute Gasteiger partial charge is 0.509 e. The van der Waals surface area contributed by atoms with E-state index in [0.29, 0.717) is 23.6 Å². The number of carbonyl (C=O) groups is 2. The first-order valence-corrected chi connectivity index (χ1v) is 9.41. The molecule has 6 heteroatoms. The molecule has 1 N–H and O–H groups in total. The van der Waals surface area contributed by atoms with Gasteiger partial charge in [-0.2, -0.15) is 0 Å². The van der Waals surface area contributed by atoms with Gasteiger partial charge in [-0.1, -0.05) is 43.0 Å². The predicted molar refractivity (Wildman–Crippen MR) is 102 cm³/mol. The van der Waals surface area contributed by atoms with E-state index in [1.165, 1.54) is 7.11 Å². The number of aliphatic hydroxyl groups excluding tert-OH is 1. The number of aliphatic hydroxyl groups is 1. The van der Waals surface area contributed by atoms with Gasteiger partial charge in [-0.3, -0.25) is 4.79 Å². The smallest absolute Gasteiger partial charge is 0.345 e. The summed E-state index contributed by atoms with van der Waals surface area (Å²) in [5.41, 5.74) is 1.15. The number of methoxy groups -OCH3 is 1. The van der Waals surface area contributed by atoms with Crippen LogP contribution in [0.15, 0.2) is 47.9 Å². The second kappa shape index (κ2) is 6.57. The summed E-state index contributed by atoms with van der Waals surface area (Å²) < 4.78 is 6.64. The lowest BCUT2D eigenvalue weighted by Gasteiger charge is -2.42. The molecule has 27 heavy (non-hydrogen) atoms. The van der Waals surface area contributed by atoms with Crippen molar-refractivity contribution in [2.24, 2.45) is 0 Å². The van der Waals surface area contributed by atoms with Crippen molar-refractivity contribution in [3.05, 3.63) is 58.6 Å². The highest BCUT2D eigenvalue weighted by Gasteiger charge is 2.48. The van der Waals surface area contributed by atoms with E-state index in [0.717, 1.165) is 30.4 Å². The topological polar surface area (TPSA) is 68.5 Å². The average molecular weight is 386 g/mol. The zero-order valence-electron chi connectivity index (χ0n) is 15.0. The number of ether oxygens (including phenoxy) is 1. The third kappa shape index (κ3) is 2.69. The Hall–Kier alpha value is -2.53. The summed E-state index contributed by atoms with van der Waals surface area (Å²) in [6, 6.07) is 9.13. The van der Waals surface area contributed by atoms with Crippen molar-refractivity contribution >= 4 is 23.4 Å². The van der Waals surface area contributed by atoms with E-state index in [2.05, 4.69) is 0 Å². The van der Waals surface area contributed by atoms with E-state index in [1.54, 1.807) is 18.2 Å². The zero-order chi connectivity index (χ0) is 19.2. The van der Waals surface area contributed by atoms with Gasteiger partial charge in [-0.15, -0.1) is 0 Å². The van der Waals surface area contributed by atoms with Crippen molar-refractivity contribution in [3.8, 4) is 11.1 Å². The molecule has 0 atom stereocenters. The Kier molecular flexibility index (Phi) is 4.35. The fourth-order valence-electron chi connectivity index (χ4n) is 4.28. The molecule has 1 fully saturated rings. The molecule has 0 amide bonds. The lowest BCUT2D eigenvalue weighted by Crippen LogP contribution is -2.45. The standard InChI is InChI=1S/C21H20ClNO4/c1-27-20(26)17-18(24)16-11-14(13-5-7-15(22)8-6-13)12-23(16)21(19(17)25)9-3-2-4-10-21/h5-8,11-12,25H,2-4,9-10H2,1H3. The number of fused-ring (bicyclic) bond motifs is 2. The highest BCUT2D eigenvalue weighted by atomic mass is 35.5. The minimum absolute atomic E-state index is 0.162. The lowest BCUT2D eigenvalue weighted by molar-refractivity contribution is -0.136. The van der Waals surface area contributed by atoms with Gasteiger partial charge in [0.05, 0.1) is 12.8 Å². The Balaban J connectivity index is 1.91. The van der Waals surface area contributed by atoms with Crippen molar-refractivity contribution in [1.29, 1.82) is 0 Å². The SMILES string of the molecule is COC(=O)C1=C(O)C2(CCCCC2)n2cc(-c3ccc(Cl)cc3)cc2C1=O. The zero-order valence-corrected chi connectivity index (χ0v) is 15.8. The molecule has 5 nitrogen and oxygen atoms in total. The summed E-state index contributed by atoms with van der Waals surface area (Å²) in [4.78, 5) is 25.2. The Morgan fingerprint density at radius 3 is 2.44 bits per heavy atom. The van der Waals surface area contributed by atoms with Crippen LogP contribution in [0.4, 0.5) is 0 Å². The van der Waals surface area contributed by atoms with Crippen LogP contribution in [0.5, 0.6) is 0 Å². The molecule has 1 spiro atoms. The van der Waals surface area contributed by atoms with Crippen LogP contribution in [-0.4, -0.2) is 28.5 Å². The van der Waals surface area contributed by atoms with Crippen LogP contribution in [0.25, 0.3) is 11.1 Å². The minimum Gasteiger partial charge on any atom is -0.509 e. The molecule has 0 unspecified atom stereocenters. The molecule has 2 aromatic rings. The van der Waals surface area contributed by atoms with Gasteiger partial charge in [-0.25, -0.2) is 4.79 Å². The van der Waals surface area contributed by atoms with E-state index < -0.39 is 17.3 Å². The van der Waals surface area contributed by atoms with E-state index >= 15 is 0 Å². The van der Waals surface area contributed by atoms with Crippen LogP contribution in [0.1, 0.15) is 42.6 Å². The molecule has 0 saturated heterocycles. The van der Waals surface area contributed by atoms with Gasteiger partial charge in [-0.05, 0) is 36.6 Å². The highest BCUT2D eigenvalue weighted by molar-refractivity contribution is 6.30. The number of allylic oxidation sites excluding steroid dienone is 1. The predicted octanol–water partition coefficient (Wildman–Crippen LogP) is 4.65. The second-order valence-electron chi connectivity index (χ2n) is 7.13. The van der Waals surface area contributed by atoms with Crippen molar-refractivity contribution in [3.63, 3.8) is 0 Å². The number of hydrogen-bond donors (Lipinski definition) is 1. The van der Waals surface area contributed by atoms with Crippen LogP contribution in [0, 0.1) is 0 Å². The molecular formula is C21H20ClNO4. The summed E-state index contributed by atoms with van der Waals surface area (Å²) in [7, 11) is 1.22. The number of benzene rings is 1. The van der Waals surface area contributed by atoms with Crippen LogP contribution >= 0.6 is 11.6 Å². The molecule has 140 valence electrons. The van der Waals surface area contributed by atoms with Crippen molar-refractivity contribution < 1.29 is 19.4 Å². The molecule has 2 aliphatic rings. The molecule has 1 saturated carbocycles. The number of carbonyl (C=O) groups excluding carboxylic acids is 2. The molecule has 2 heterocycles. The van der Waals surface area contributed by atoms with Gasteiger partial charge in [0.15, 0.2) is 0 Å². The normalized spacial score (nSPS) is 18.5. The summed E-state index contributed by atoms with van der Waals surface area (Å²) in [6.07, 6.45) is 6.15. The summed E-state index contributed by atoms with van der Waals surface area (Å²) in [5, 5.41) is 11.6. The number of esters is 1. The van der Waals surface area contributed by atoms with Gasteiger partial charge in [0, 0.05) is 16.8 Å². The van der Waals surface area contributed by atoms with E-state index in [9.17, 15) is 14.7 Å². The molecule has 1 aliphatic carbocycles. The first-order valence-electron chi connectivity index (χ1n) is 9.03. The number of ketones is 1. The van der Waals surface area contributed by atoms with Crippen molar-refractivity contribution in [2.45, 2.75) is 37.6 Å². The highest BCUT2D eigenvalue weighted by Crippen LogP contribution is 2.46. The number of hydrogen-bond acceptors (Lipinski definition) is 4. The maximum Gasteiger partial charge on any atom is 0.345 e. The average Bonchev–Trinajstić information content (AvgIpc) is 3.14. The number of aromatic nitrogens is 1. The quantitative estimate of drug-likeness (QED) is 0.603. The molecular weight excluding hydrogens is 366 g/mol. The molecule has 1 aromatic heterocycles. The Morgan fingerprint density at radius 2 is 1.81 bits per heavy atom. The van der Waals surface area contributed by atoms with Crippen LogP contribution in [0.3, 0.4) is 0 Å². The minimum atomic E-state index is -0.789. The van der Waals surface area contributed by atoms with Crippen molar-refractivity contribution in [2.75, 3.05) is 7.11 Å². The monoisotopic (exact) mass is 385 g/mol. The van der Waals surface area contributed by atoms with Gasteiger partial charge in [0.2, 0.25) is 5.78 Å². The Bertz CT molecular complexity index is 949. The maximum atomic E-state index is 13.0. The van der Waals surface area contributed by atoms with Crippen LogP contribution in [0.2, 0.25) is 5.02 Å². The Labute approximate surface area is 162 Å². The summed E-state index contributed by atoms with van der Waals surface area (Å²) in [6.45, 7) is 0. The van der Waals surface area contributed by atoms with Gasteiger partial charge >= 0.3 is 5.97 Å². The first kappa shape index (κ1) is 17.9.